The molecule has 12 heteroatoms. The van der Waals surface area contributed by atoms with Gasteiger partial charge in [0.15, 0.2) is 11.9 Å². The largest absolute Gasteiger partial charge is 0.389 e. The zero-order chi connectivity index (χ0) is 18.6. The van der Waals surface area contributed by atoms with Gasteiger partial charge < -0.3 is 45.2 Å². The second kappa shape index (κ2) is 6.91. The maximum absolute atomic E-state index is 10.6. The summed E-state index contributed by atoms with van der Waals surface area (Å²) in [5.41, 5.74) is -2.57. The van der Waals surface area contributed by atoms with Gasteiger partial charge in [0.2, 0.25) is 4.52 Å². The third-order valence-corrected chi connectivity index (χ3v) is 5.52. The summed E-state index contributed by atoms with van der Waals surface area (Å²) in [4.78, 5) is 0. The number of aliphatic hydroxyl groups excluding tert-OH is 6. The molecule has 142 valence electrons. The number of aliphatic hydroxyl groups is 7. The zero-order valence-electron chi connectivity index (χ0n) is 12.3. The van der Waals surface area contributed by atoms with Crippen molar-refractivity contribution in [2.45, 2.75) is 71.4 Å². The van der Waals surface area contributed by atoms with Crippen molar-refractivity contribution >= 4 is 34.8 Å². The molecule has 2 aliphatic rings. The monoisotopic (exact) mass is 412 g/mol. The van der Waals surface area contributed by atoms with E-state index in [9.17, 15) is 35.7 Å². The lowest BCUT2D eigenvalue weighted by Gasteiger charge is -2.48. The first-order chi connectivity index (χ1) is 10.9. The first-order valence-corrected chi connectivity index (χ1v) is 8.21. The molecule has 2 rings (SSSR count). The van der Waals surface area contributed by atoms with E-state index in [1.54, 1.807) is 0 Å². The lowest BCUT2D eigenvalue weighted by molar-refractivity contribution is -0.290. The normalized spacial score (nSPS) is 51.6. The fourth-order valence-corrected chi connectivity index (χ4v) is 3.87. The van der Waals surface area contributed by atoms with Gasteiger partial charge in [-0.1, -0.05) is 23.2 Å². The molecule has 0 radical (unpaired) electrons. The Bertz CT molecular complexity index is 464. The molecule has 0 bridgehead atoms. The smallest absolute Gasteiger partial charge is 0.250 e. The molecule has 7 N–H and O–H groups in total. The Labute approximate surface area is 151 Å². The molecular formula is C12H19Cl3O9. The van der Waals surface area contributed by atoms with Crippen molar-refractivity contribution in [2.75, 3.05) is 0 Å². The minimum atomic E-state index is -2.91. The maximum Gasteiger partial charge on any atom is 0.250 e. The third kappa shape index (κ3) is 3.04. The minimum Gasteiger partial charge on any atom is -0.389 e. The van der Waals surface area contributed by atoms with E-state index >= 15 is 0 Å². The van der Waals surface area contributed by atoms with Gasteiger partial charge in [0.25, 0.3) is 0 Å². The fraction of sp³-hybridized carbons (Fsp3) is 1.00. The van der Waals surface area contributed by atoms with Crippen LogP contribution in [0.15, 0.2) is 0 Å². The summed E-state index contributed by atoms with van der Waals surface area (Å²) in [6.07, 6.45) is -13.8. The molecule has 0 aromatic rings. The lowest BCUT2D eigenvalue weighted by Crippen LogP contribution is -2.70. The Morgan fingerprint density at radius 2 is 1.58 bits per heavy atom. The summed E-state index contributed by atoms with van der Waals surface area (Å²) in [5.74, 6) is 0. The van der Waals surface area contributed by atoms with Crippen LogP contribution in [0.25, 0.3) is 0 Å². The van der Waals surface area contributed by atoms with Crippen molar-refractivity contribution in [3.05, 3.63) is 0 Å². The Balaban J connectivity index is 2.41. The lowest BCUT2D eigenvalue weighted by atomic mass is 9.83. The van der Waals surface area contributed by atoms with Gasteiger partial charge in [0, 0.05) is 0 Å². The quantitative estimate of drug-likeness (QED) is 0.246. The van der Waals surface area contributed by atoms with Gasteiger partial charge in [-0.2, -0.15) is 0 Å². The Hall–Kier alpha value is 0.510. The molecule has 2 fully saturated rings. The first kappa shape index (κ1) is 20.8. The maximum atomic E-state index is 10.6. The van der Waals surface area contributed by atoms with E-state index in [4.69, 9.17) is 44.3 Å². The predicted octanol–water partition coefficient (Wildman–Crippen LogP) is -2.60. The van der Waals surface area contributed by atoms with Gasteiger partial charge in [-0.05, 0) is 6.92 Å². The summed E-state index contributed by atoms with van der Waals surface area (Å²) in [7, 11) is 0. The molecule has 0 aromatic heterocycles. The summed E-state index contributed by atoms with van der Waals surface area (Å²) in [5, 5.41) is 68.3. The van der Waals surface area contributed by atoms with Gasteiger partial charge in [-0.25, -0.2) is 0 Å². The molecule has 2 unspecified atom stereocenters. The number of halogens is 3. The van der Waals surface area contributed by atoms with Crippen LogP contribution in [0.4, 0.5) is 0 Å². The van der Waals surface area contributed by atoms with Gasteiger partial charge in [-0.3, -0.25) is 0 Å². The SMILES string of the molecule is C[C@@H]1OC(C(O)[C@H]2O[C@H](O)[C@H](O)[C@@H](O)[C@H]2Cl)(C(O)(Cl)Cl)[C@H](O)[C@H]1O. The Morgan fingerprint density at radius 1 is 1.04 bits per heavy atom. The average molecular weight is 414 g/mol. The van der Waals surface area contributed by atoms with Crippen molar-refractivity contribution in [1.82, 2.24) is 0 Å². The van der Waals surface area contributed by atoms with Crippen molar-refractivity contribution in [2.24, 2.45) is 0 Å². The van der Waals surface area contributed by atoms with E-state index in [-0.39, 0.29) is 0 Å². The van der Waals surface area contributed by atoms with Crippen LogP contribution in [0.1, 0.15) is 6.92 Å². The molecule has 0 amide bonds. The van der Waals surface area contributed by atoms with Crippen LogP contribution in [0.3, 0.4) is 0 Å². The van der Waals surface area contributed by atoms with Crippen LogP contribution in [0, 0.1) is 0 Å². The number of hydrogen-bond acceptors (Lipinski definition) is 9. The second-order valence-corrected chi connectivity index (χ2v) is 7.75. The van der Waals surface area contributed by atoms with E-state index in [2.05, 4.69) is 0 Å². The van der Waals surface area contributed by atoms with Gasteiger partial charge >= 0.3 is 0 Å². The summed E-state index contributed by atoms with van der Waals surface area (Å²) in [6.45, 7) is 1.33. The van der Waals surface area contributed by atoms with Crippen LogP contribution in [-0.2, 0) is 9.47 Å². The topological polar surface area (TPSA) is 160 Å². The third-order valence-electron chi connectivity index (χ3n) is 4.42. The second-order valence-electron chi connectivity index (χ2n) is 5.95. The number of hydrogen-bond donors (Lipinski definition) is 7. The average Bonchev–Trinajstić information content (AvgIpc) is 2.73. The number of alkyl halides is 3. The highest BCUT2D eigenvalue weighted by molar-refractivity contribution is 6.48. The van der Waals surface area contributed by atoms with Crippen LogP contribution >= 0.6 is 34.8 Å². The van der Waals surface area contributed by atoms with Crippen LogP contribution < -0.4 is 0 Å². The number of rotatable bonds is 3. The molecule has 0 aliphatic carbocycles. The Kier molecular flexibility index (Phi) is 6.00. The molecular weight excluding hydrogens is 394 g/mol. The standard InChI is InChI=1S/C12H19Cl3O9/c1-2-4(16)8(19)11(24-2,12(14,15)22)9(20)7-3(13)5(17)6(18)10(21)23-7/h2-10,16-22H,1H3/t2-,3+,4-,5-,6+,7-,8+,9?,10-,11?/m0/s1. The highest BCUT2D eigenvalue weighted by atomic mass is 35.5. The zero-order valence-corrected chi connectivity index (χ0v) is 14.5. The first-order valence-electron chi connectivity index (χ1n) is 7.02. The molecule has 0 spiro atoms. The van der Waals surface area contributed by atoms with Crippen LogP contribution in [0.5, 0.6) is 0 Å². The fourth-order valence-electron chi connectivity index (χ4n) is 2.99. The van der Waals surface area contributed by atoms with E-state index in [1.807, 2.05) is 0 Å². The minimum absolute atomic E-state index is 1.09. The Morgan fingerprint density at radius 3 is 2.00 bits per heavy atom. The molecule has 2 saturated heterocycles. The van der Waals surface area contributed by atoms with Gasteiger partial charge in [0.1, 0.15) is 36.6 Å². The molecule has 0 saturated carbocycles. The van der Waals surface area contributed by atoms with Gasteiger partial charge in [-0.15, -0.1) is 11.6 Å². The van der Waals surface area contributed by atoms with Crippen molar-refractivity contribution < 1.29 is 45.2 Å². The molecule has 10 atom stereocenters. The van der Waals surface area contributed by atoms with Crippen molar-refractivity contribution in [3.8, 4) is 0 Å². The van der Waals surface area contributed by atoms with Crippen LogP contribution in [0.2, 0.25) is 0 Å². The highest BCUT2D eigenvalue weighted by Gasteiger charge is 2.70. The van der Waals surface area contributed by atoms with Gasteiger partial charge in [0.05, 0.1) is 11.5 Å². The molecule has 2 aliphatic heterocycles. The molecule has 24 heavy (non-hydrogen) atoms. The molecule has 9 nitrogen and oxygen atoms in total. The van der Waals surface area contributed by atoms with Crippen molar-refractivity contribution in [1.29, 1.82) is 0 Å². The van der Waals surface area contributed by atoms with Crippen molar-refractivity contribution in [3.63, 3.8) is 0 Å². The van der Waals surface area contributed by atoms with E-state index in [1.165, 1.54) is 6.92 Å². The van der Waals surface area contributed by atoms with Crippen LogP contribution in [-0.4, -0.2) is 100 Å². The summed E-state index contributed by atoms with van der Waals surface area (Å²) >= 11 is 17.3. The van der Waals surface area contributed by atoms with E-state index in [0.29, 0.717) is 0 Å². The predicted molar refractivity (Wildman–Crippen MR) is 80.5 cm³/mol. The summed E-state index contributed by atoms with van der Waals surface area (Å²) < 4.78 is 7.31. The highest BCUT2D eigenvalue weighted by Crippen LogP contribution is 2.48. The molecule has 2 heterocycles. The summed E-state index contributed by atoms with van der Waals surface area (Å²) in [6, 6.07) is 0. The van der Waals surface area contributed by atoms with E-state index in [0.717, 1.165) is 0 Å². The van der Waals surface area contributed by atoms with E-state index < -0.39 is 64.5 Å². The molecule has 0 aromatic carbocycles. The number of ether oxygens (including phenoxy) is 2.